The molecule has 1 saturated heterocycles. The molecule has 0 radical (unpaired) electrons. The second kappa shape index (κ2) is 11.5. The van der Waals surface area contributed by atoms with Crippen LogP contribution in [-0.2, 0) is 11.2 Å². The van der Waals surface area contributed by atoms with Crippen molar-refractivity contribution in [3.05, 3.63) is 89.3 Å². The summed E-state index contributed by atoms with van der Waals surface area (Å²) in [5, 5.41) is 9.95. The van der Waals surface area contributed by atoms with Gasteiger partial charge in [0.15, 0.2) is 0 Å². The Morgan fingerprint density at radius 2 is 1.91 bits per heavy atom. The van der Waals surface area contributed by atoms with Gasteiger partial charge in [-0.15, -0.1) is 0 Å². The normalized spacial score (nSPS) is 16.8. The van der Waals surface area contributed by atoms with Crippen LogP contribution < -0.4 is 0 Å². The lowest BCUT2D eigenvalue weighted by atomic mass is 9.75. The fourth-order valence-corrected chi connectivity index (χ4v) is 4.06. The van der Waals surface area contributed by atoms with Crippen LogP contribution >= 0.6 is 0 Å². The molecule has 5 nitrogen and oxygen atoms in total. The monoisotopic (exact) mass is 458 g/mol. The van der Waals surface area contributed by atoms with Crippen molar-refractivity contribution in [1.29, 1.82) is 5.26 Å². The molecular formula is C28H31FN4O. The summed E-state index contributed by atoms with van der Waals surface area (Å²) >= 11 is 0. The van der Waals surface area contributed by atoms with E-state index in [4.69, 9.17) is 0 Å². The first-order valence-corrected chi connectivity index (χ1v) is 11.6. The molecule has 1 fully saturated rings. The Morgan fingerprint density at radius 3 is 2.50 bits per heavy atom. The predicted molar refractivity (Wildman–Crippen MR) is 132 cm³/mol. The van der Waals surface area contributed by atoms with Crippen LogP contribution in [0.3, 0.4) is 0 Å². The fraction of sp³-hybridized carbons (Fsp3) is 0.357. The van der Waals surface area contributed by atoms with Crippen molar-refractivity contribution in [1.82, 2.24) is 14.9 Å². The van der Waals surface area contributed by atoms with Crippen LogP contribution in [0.2, 0.25) is 0 Å². The number of allylic oxidation sites excluding steroid dienone is 4. The second-order valence-corrected chi connectivity index (χ2v) is 8.85. The van der Waals surface area contributed by atoms with E-state index in [1.165, 1.54) is 24.0 Å². The maximum atomic E-state index is 13.6. The number of hydrogen-bond donors (Lipinski definition) is 0. The van der Waals surface area contributed by atoms with Crippen molar-refractivity contribution in [2.24, 2.45) is 5.41 Å². The summed E-state index contributed by atoms with van der Waals surface area (Å²) in [7, 11) is 0. The van der Waals surface area contributed by atoms with Gasteiger partial charge in [-0.3, -0.25) is 4.79 Å². The molecule has 176 valence electrons. The molecule has 0 spiro atoms. The van der Waals surface area contributed by atoms with Gasteiger partial charge in [0.05, 0.1) is 17.2 Å². The number of carbonyl (C=O) groups excluding carboxylic acids is 1. The highest BCUT2D eigenvalue weighted by Crippen LogP contribution is 2.35. The first-order valence-electron chi connectivity index (χ1n) is 11.6. The average Bonchev–Trinajstić information content (AvgIpc) is 2.88. The fourth-order valence-electron chi connectivity index (χ4n) is 4.06. The highest BCUT2D eigenvalue weighted by atomic mass is 19.1. The van der Waals surface area contributed by atoms with Crippen LogP contribution in [0.15, 0.2) is 72.2 Å². The SMILES string of the molecule is CC/C(C)=C/C=C\C(C(=O)N1CCC(C#N)(Cc2ccc(F)cc2)CC1)=C(/C)c1ccncn1. The lowest BCUT2D eigenvalue weighted by Crippen LogP contribution is -2.44. The Labute approximate surface area is 201 Å². The van der Waals surface area contributed by atoms with Gasteiger partial charge in [0.25, 0.3) is 5.91 Å². The summed E-state index contributed by atoms with van der Waals surface area (Å²) in [5.41, 5.74) is 3.68. The van der Waals surface area contributed by atoms with Crippen molar-refractivity contribution in [2.45, 2.75) is 46.5 Å². The summed E-state index contributed by atoms with van der Waals surface area (Å²) in [6.07, 6.45) is 11.6. The molecule has 0 N–H and O–H groups in total. The standard InChI is InChI=1S/C28H31FN4O/c1-4-21(2)6-5-7-25(22(3)26-12-15-31-20-32-26)27(34)33-16-13-28(19-30,14-17-33)18-23-8-10-24(29)11-9-23/h5-12,15,20H,4,13-14,16-18H2,1-3H3/b7-5-,21-6+,25-22-. The van der Waals surface area contributed by atoms with Crippen LogP contribution in [0.1, 0.15) is 51.3 Å². The minimum Gasteiger partial charge on any atom is -0.339 e. The number of halogens is 1. The number of rotatable bonds is 7. The maximum absolute atomic E-state index is 13.6. The second-order valence-electron chi connectivity index (χ2n) is 8.85. The van der Waals surface area contributed by atoms with Gasteiger partial charge in [-0.25, -0.2) is 14.4 Å². The molecule has 0 aliphatic carbocycles. The number of hydrogen-bond acceptors (Lipinski definition) is 4. The zero-order chi connectivity index (χ0) is 24.6. The molecule has 2 heterocycles. The van der Waals surface area contributed by atoms with Gasteiger partial charge in [-0.05, 0) is 74.9 Å². The Hall–Kier alpha value is -3.59. The van der Waals surface area contributed by atoms with E-state index < -0.39 is 5.41 Å². The van der Waals surface area contributed by atoms with E-state index >= 15 is 0 Å². The highest BCUT2D eigenvalue weighted by Gasteiger charge is 2.37. The van der Waals surface area contributed by atoms with E-state index in [1.54, 1.807) is 24.4 Å². The Kier molecular flexibility index (Phi) is 8.48. The molecule has 0 saturated carbocycles. The lowest BCUT2D eigenvalue weighted by Gasteiger charge is -2.37. The largest absolute Gasteiger partial charge is 0.339 e. The van der Waals surface area contributed by atoms with Crippen LogP contribution in [0, 0.1) is 22.6 Å². The molecule has 34 heavy (non-hydrogen) atoms. The van der Waals surface area contributed by atoms with E-state index in [0.717, 1.165) is 17.6 Å². The molecule has 0 atom stereocenters. The van der Waals surface area contributed by atoms with Crippen molar-refractivity contribution < 1.29 is 9.18 Å². The van der Waals surface area contributed by atoms with E-state index in [0.29, 0.717) is 43.6 Å². The minimum absolute atomic E-state index is 0.0664. The molecule has 2 aromatic rings. The predicted octanol–water partition coefficient (Wildman–Crippen LogP) is 5.68. The van der Waals surface area contributed by atoms with Crippen LogP contribution in [0.5, 0.6) is 0 Å². The number of amides is 1. The van der Waals surface area contributed by atoms with Crippen LogP contribution in [0.25, 0.3) is 5.57 Å². The van der Waals surface area contributed by atoms with E-state index in [9.17, 15) is 14.4 Å². The van der Waals surface area contributed by atoms with Gasteiger partial charge < -0.3 is 4.90 Å². The zero-order valence-electron chi connectivity index (χ0n) is 20.1. The van der Waals surface area contributed by atoms with E-state index in [-0.39, 0.29) is 11.7 Å². The molecular weight excluding hydrogens is 427 g/mol. The molecule has 0 unspecified atom stereocenters. The minimum atomic E-state index is -0.559. The molecule has 3 rings (SSSR count). The number of piperidine rings is 1. The van der Waals surface area contributed by atoms with Crippen molar-refractivity contribution in [2.75, 3.05) is 13.1 Å². The number of likely N-dealkylation sites (tertiary alicyclic amines) is 1. The summed E-state index contributed by atoms with van der Waals surface area (Å²) in [5.74, 6) is -0.353. The van der Waals surface area contributed by atoms with Gasteiger partial charge in [-0.1, -0.05) is 36.8 Å². The quantitative estimate of drug-likeness (QED) is 0.396. The number of nitriles is 1. The number of aromatic nitrogens is 2. The zero-order valence-corrected chi connectivity index (χ0v) is 20.1. The first kappa shape index (κ1) is 25.0. The van der Waals surface area contributed by atoms with E-state index in [1.807, 2.05) is 30.1 Å². The average molecular weight is 459 g/mol. The van der Waals surface area contributed by atoms with Gasteiger partial charge in [0.1, 0.15) is 12.1 Å². The van der Waals surface area contributed by atoms with Gasteiger partial charge in [-0.2, -0.15) is 5.26 Å². The third-order valence-electron chi connectivity index (χ3n) is 6.50. The van der Waals surface area contributed by atoms with Crippen molar-refractivity contribution >= 4 is 11.5 Å². The van der Waals surface area contributed by atoms with Crippen LogP contribution in [0.4, 0.5) is 4.39 Å². The molecule has 6 heteroatoms. The van der Waals surface area contributed by atoms with Gasteiger partial charge in [0, 0.05) is 24.9 Å². The summed E-state index contributed by atoms with van der Waals surface area (Å²) < 4.78 is 13.3. The molecule has 1 aromatic heterocycles. The highest BCUT2D eigenvalue weighted by molar-refractivity contribution is 6.03. The third-order valence-corrected chi connectivity index (χ3v) is 6.50. The van der Waals surface area contributed by atoms with Crippen LogP contribution in [-0.4, -0.2) is 33.9 Å². The molecule has 1 aliphatic rings. The molecule has 1 aromatic carbocycles. The Bertz CT molecular complexity index is 1120. The van der Waals surface area contributed by atoms with E-state index in [2.05, 4.69) is 29.9 Å². The molecule has 1 aliphatic heterocycles. The summed E-state index contributed by atoms with van der Waals surface area (Å²) in [4.78, 5) is 23.7. The lowest BCUT2D eigenvalue weighted by molar-refractivity contribution is -0.128. The maximum Gasteiger partial charge on any atom is 0.254 e. The summed E-state index contributed by atoms with van der Waals surface area (Å²) in [6, 6.07) is 10.6. The summed E-state index contributed by atoms with van der Waals surface area (Å²) in [6.45, 7) is 7.03. The Balaban J connectivity index is 1.81. The van der Waals surface area contributed by atoms with Gasteiger partial charge in [0.2, 0.25) is 0 Å². The number of benzene rings is 1. The topological polar surface area (TPSA) is 69.9 Å². The Morgan fingerprint density at radius 1 is 1.21 bits per heavy atom. The van der Waals surface area contributed by atoms with Crippen molar-refractivity contribution in [3.63, 3.8) is 0 Å². The number of carbonyl (C=O) groups is 1. The first-order chi connectivity index (χ1) is 16.4. The van der Waals surface area contributed by atoms with Crippen molar-refractivity contribution in [3.8, 4) is 6.07 Å². The molecule has 1 amide bonds. The van der Waals surface area contributed by atoms with Gasteiger partial charge >= 0.3 is 0 Å². The smallest absolute Gasteiger partial charge is 0.254 e. The molecule has 0 bridgehead atoms. The number of nitrogens with zero attached hydrogens (tertiary/aromatic N) is 4. The third kappa shape index (κ3) is 6.26.